The number of hydrogen-bond acceptors (Lipinski definition) is 5. The number of nitrogens with one attached hydrogen (secondary N) is 2. The predicted octanol–water partition coefficient (Wildman–Crippen LogP) is 2.57. The van der Waals surface area contributed by atoms with Gasteiger partial charge in [0.1, 0.15) is 11.7 Å². The van der Waals surface area contributed by atoms with Crippen LogP contribution in [0.3, 0.4) is 0 Å². The lowest BCUT2D eigenvalue weighted by atomic mass is 9.81. The Kier molecular flexibility index (Phi) is 5.20. The van der Waals surface area contributed by atoms with Crippen molar-refractivity contribution in [3.05, 3.63) is 23.8 Å². The minimum atomic E-state index is -1.01. The lowest BCUT2D eigenvalue weighted by molar-refractivity contribution is -0.135. The molecule has 1 unspecified atom stereocenters. The van der Waals surface area contributed by atoms with Crippen LogP contribution in [-0.4, -0.2) is 55.6 Å². The fraction of sp³-hybridized carbons (Fsp3) is 0.654. The molecule has 2 N–H and O–H groups in total. The molecule has 3 saturated heterocycles. The van der Waals surface area contributed by atoms with E-state index in [1.165, 1.54) is 0 Å². The van der Waals surface area contributed by atoms with E-state index in [4.69, 9.17) is 0 Å². The molecule has 1 aromatic rings. The van der Waals surface area contributed by atoms with Gasteiger partial charge in [-0.1, -0.05) is 0 Å². The van der Waals surface area contributed by atoms with Gasteiger partial charge in [-0.05, 0) is 94.1 Å². The molecule has 182 valence electrons. The van der Waals surface area contributed by atoms with Crippen molar-refractivity contribution in [2.75, 3.05) is 36.0 Å². The van der Waals surface area contributed by atoms with Crippen LogP contribution in [-0.2, 0) is 19.8 Å². The third kappa shape index (κ3) is 3.61. The summed E-state index contributed by atoms with van der Waals surface area (Å²) in [6.07, 6.45) is 6.13. The van der Waals surface area contributed by atoms with Crippen LogP contribution in [0.5, 0.6) is 0 Å². The van der Waals surface area contributed by atoms with Gasteiger partial charge in [-0.15, -0.1) is 0 Å². The molecule has 1 spiro atoms. The Hall–Kier alpha value is -2.48. The van der Waals surface area contributed by atoms with Crippen molar-refractivity contribution < 1.29 is 18.8 Å². The zero-order valence-electron chi connectivity index (χ0n) is 19.6. The molecule has 0 radical (unpaired) electrons. The molecule has 4 aliphatic heterocycles. The van der Waals surface area contributed by atoms with Crippen molar-refractivity contribution in [2.24, 2.45) is 5.92 Å². The maximum atomic E-state index is 15.2. The number of carbonyl (C=O) groups excluding carboxylic acids is 3. The highest BCUT2D eigenvalue weighted by molar-refractivity contribution is 6.15. The summed E-state index contributed by atoms with van der Waals surface area (Å²) < 4.78 is 15.2. The third-order valence-electron chi connectivity index (χ3n) is 8.79. The number of fused-ring (bicyclic) bond motifs is 2. The molecule has 0 aromatic heterocycles. The van der Waals surface area contributed by atoms with Crippen LogP contribution in [0.15, 0.2) is 18.2 Å². The van der Waals surface area contributed by atoms with E-state index >= 15 is 4.39 Å². The number of benzene rings is 1. The third-order valence-corrected chi connectivity index (χ3v) is 8.79. The fourth-order valence-corrected chi connectivity index (χ4v) is 6.61. The van der Waals surface area contributed by atoms with E-state index in [1.807, 2.05) is 6.07 Å². The number of hydrogen-bond donors (Lipinski definition) is 2. The van der Waals surface area contributed by atoms with E-state index in [1.54, 1.807) is 4.90 Å². The highest BCUT2D eigenvalue weighted by atomic mass is 19.1. The highest BCUT2D eigenvalue weighted by Gasteiger charge is 2.61. The summed E-state index contributed by atoms with van der Waals surface area (Å²) in [6, 6.07) is 5.57. The first-order valence-corrected chi connectivity index (χ1v) is 12.9. The van der Waals surface area contributed by atoms with Gasteiger partial charge < -0.3 is 10.2 Å². The van der Waals surface area contributed by atoms with Gasteiger partial charge in [0.25, 0.3) is 0 Å². The lowest BCUT2D eigenvalue weighted by Gasteiger charge is -2.38. The largest absolute Gasteiger partial charge is 0.372 e. The molecule has 1 atom stereocenters. The molecule has 34 heavy (non-hydrogen) atoms. The fourth-order valence-electron chi connectivity index (χ4n) is 6.61. The second kappa shape index (κ2) is 8.04. The van der Waals surface area contributed by atoms with Crippen molar-refractivity contribution in [2.45, 2.75) is 74.9 Å². The van der Waals surface area contributed by atoms with Crippen molar-refractivity contribution in [3.8, 4) is 0 Å². The predicted molar refractivity (Wildman–Crippen MR) is 127 cm³/mol. The number of nitrogens with zero attached hydrogens (tertiary/aromatic N) is 2. The smallest absolute Gasteiger partial charge is 0.249 e. The van der Waals surface area contributed by atoms with Gasteiger partial charge in [0.2, 0.25) is 17.7 Å². The highest BCUT2D eigenvalue weighted by Crippen LogP contribution is 2.58. The summed E-state index contributed by atoms with van der Waals surface area (Å²) in [4.78, 5) is 41.6. The summed E-state index contributed by atoms with van der Waals surface area (Å²) in [5, 5.41) is 5.65. The Morgan fingerprint density at radius 3 is 2.41 bits per heavy atom. The number of amides is 3. The number of anilines is 2. The summed E-state index contributed by atoms with van der Waals surface area (Å²) in [7, 11) is 0. The Morgan fingerprint density at radius 2 is 1.74 bits per heavy atom. The van der Waals surface area contributed by atoms with Gasteiger partial charge >= 0.3 is 0 Å². The van der Waals surface area contributed by atoms with Crippen molar-refractivity contribution >= 4 is 29.1 Å². The standard InChI is InChI=1S/C26H33FN4O3/c27-25(9-11-28-12-10-25)16-17-5-13-30(14-6-17)18-1-2-20-19(15-18)26(7-8-26)24(34)31(20)21-3-4-22(32)29-23(21)33/h1-2,15,17,21,28H,3-14,16H2,(H,29,32,33). The molecule has 3 amide bonds. The van der Waals surface area contributed by atoms with Gasteiger partial charge in [-0.3, -0.25) is 24.6 Å². The topological polar surface area (TPSA) is 81.8 Å². The molecule has 1 aliphatic carbocycles. The van der Waals surface area contributed by atoms with E-state index in [-0.39, 0.29) is 24.1 Å². The van der Waals surface area contributed by atoms with Crippen LogP contribution in [0.25, 0.3) is 0 Å². The number of carbonyl (C=O) groups is 3. The van der Waals surface area contributed by atoms with Crippen molar-refractivity contribution in [3.63, 3.8) is 0 Å². The zero-order chi connectivity index (χ0) is 23.5. The van der Waals surface area contributed by atoms with Crippen molar-refractivity contribution in [1.82, 2.24) is 10.6 Å². The maximum Gasteiger partial charge on any atom is 0.249 e. The van der Waals surface area contributed by atoms with Crippen LogP contribution in [0.4, 0.5) is 15.8 Å². The lowest BCUT2D eigenvalue weighted by Crippen LogP contribution is -2.54. The Labute approximate surface area is 199 Å². The van der Waals surface area contributed by atoms with Crippen LogP contribution in [0.2, 0.25) is 0 Å². The second-order valence-electron chi connectivity index (χ2n) is 11.0. The molecular weight excluding hydrogens is 435 g/mol. The summed E-state index contributed by atoms with van der Waals surface area (Å²) in [5.74, 6) is -0.221. The minimum Gasteiger partial charge on any atom is -0.372 e. The number of alkyl halides is 1. The number of piperidine rings is 3. The minimum absolute atomic E-state index is 0.00285. The Bertz CT molecular complexity index is 1020. The Balaban J connectivity index is 1.18. The first-order valence-electron chi connectivity index (χ1n) is 12.9. The summed E-state index contributed by atoms with van der Waals surface area (Å²) in [6.45, 7) is 3.35. The van der Waals surface area contributed by atoms with Gasteiger partial charge in [-0.2, -0.15) is 0 Å². The van der Waals surface area contributed by atoms with E-state index < -0.39 is 17.1 Å². The number of rotatable bonds is 4. The molecule has 4 fully saturated rings. The quantitative estimate of drug-likeness (QED) is 0.664. The molecule has 6 rings (SSSR count). The van der Waals surface area contributed by atoms with E-state index in [2.05, 4.69) is 27.7 Å². The molecule has 0 bridgehead atoms. The van der Waals surface area contributed by atoms with Crippen LogP contribution < -0.4 is 20.4 Å². The zero-order valence-corrected chi connectivity index (χ0v) is 19.6. The summed E-state index contributed by atoms with van der Waals surface area (Å²) in [5.41, 5.74) is 1.45. The average Bonchev–Trinajstić information content (AvgIpc) is 3.59. The molecule has 7 nitrogen and oxygen atoms in total. The number of imide groups is 1. The number of halogens is 1. The van der Waals surface area contributed by atoms with E-state index in [0.29, 0.717) is 31.6 Å². The maximum absolute atomic E-state index is 15.2. The van der Waals surface area contributed by atoms with Crippen LogP contribution in [0, 0.1) is 5.92 Å². The van der Waals surface area contributed by atoms with Crippen LogP contribution in [0.1, 0.15) is 63.4 Å². The molecule has 8 heteroatoms. The molecule has 4 heterocycles. The molecule has 5 aliphatic rings. The van der Waals surface area contributed by atoms with Gasteiger partial charge in [0.15, 0.2) is 0 Å². The van der Waals surface area contributed by atoms with Gasteiger partial charge in [0.05, 0.1) is 5.41 Å². The summed E-state index contributed by atoms with van der Waals surface area (Å²) >= 11 is 0. The monoisotopic (exact) mass is 468 g/mol. The Morgan fingerprint density at radius 1 is 1.00 bits per heavy atom. The molecule has 1 saturated carbocycles. The van der Waals surface area contributed by atoms with Gasteiger partial charge in [0, 0.05) is 30.9 Å². The SMILES string of the molecule is O=C1CCC(N2C(=O)C3(CC3)c3cc(N4CCC(CC5(F)CCNCC5)CC4)ccc32)C(=O)N1. The molecular formula is C26H33FN4O3. The first kappa shape index (κ1) is 22.0. The normalized spacial score (nSPS) is 28.3. The average molecular weight is 469 g/mol. The van der Waals surface area contributed by atoms with Gasteiger partial charge in [-0.25, -0.2) is 4.39 Å². The van der Waals surface area contributed by atoms with E-state index in [9.17, 15) is 14.4 Å². The molecule has 1 aromatic carbocycles. The van der Waals surface area contributed by atoms with Crippen LogP contribution >= 0.6 is 0 Å². The van der Waals surface area contributed by atoms with Crippen molar-refractivity contribution in [1.29, 1.82) is 0 Å². The second-order valence-corrected chi connectivity index (χ2v) is 11.0. The first-order chi connectivity index (χ1) is 16.4. The van der Waals surface area contributed by atoms with E-state index in [0.717, 1.165) is 68.8 Å².